The molecule has 2 heterocycles. The van der Waals surface area contributed by atoms with Crippen molar-refractivity contribution in [3.8, 4) is 17.5 Å². The van der Waals surface area contributed by atoms with Gasteiger partial charge in [0.1, 0.15) is 21.8 Å². The molecule has 0 spiro atoms. The molecule has 4 rings (SSSR count). The molecule has 2 aromatic carbocycles. The van der Waals surface area contributed by atoms with E-state index in [1.54, 1.807) is 35.3 Å². The van der Waals surface area contributed by atoms with Crippen LogP contribution < -0.4 is 4.72 Å². The van der Waals surface area contributed by atoms with Gasteiger partial charge in [0.05, 0.1) is 17.4 Å². The summed E-state index contributed by atoms with van der Waals surface area (Å²) in [5, 5.41) is 10.1. The number of para-hydroxylation sites is 1. The van der Waals surface area contributed by atoms with Crippen LogP contribution in [-0.4, -0.2) is 29.8 Å². The van der Waals surface area contributed by atoms with Gasteiger partial charge >= 0.3 is 5.97 Å². The molecule has 0 saturated carbocycles. The van der Waals surface area contributed by atoms with Crippen LogP contribution in [0.4, 0.5) is 0 Å². The van der Waals surface area contributed by atoms with Crippen LogP contribution in [0.3, 0.4) is 0 Å². The van der Waals surface area contributed by atoms with E-state index in [0.29, 0.717) is 22.1 Å². The first-order valence-electron chi connectivity index (χ1n) is 10.2. The Hall–Kier alpha value is -3.93. The fraction of sp³-hybridized carbons (Fsp3) is 0.120. The molecule has 0 aliphatic heterocycles. The molecular formula is C25H22N4O3S. The van der Waals surface area contributed by atoms with Gasteiger partial charge in [0.15, 0.2) is 0 Å². The van der Waals surface area contributed by atoms with E-state index in [1.807, 2.05) is 56.3 Å². The van der Waals surface area contributed by atoms with Crippen LogP contribution in [0.15, 0.2) is 78.2 Å². The zero-order chi connectivity index (χ0) is 23.4. The Balaban J connectivity index is 1.54. The second kappa shape index (κ2) is 9.69. The Morgan fingerprint density at radius 2 is 1.85 bits per heavy atom. The van der Waals surface area contributed by atoms with E-state index >= 15 is 0 Å². The summed E-state index contributed by atoms with van der Waals surface area (Å²) in [7, 11) is -1.40. The first-order valence-corrected chi connectivity index (χ1v) is 11.4. The van der Waals surface area contributed by atoms with Crippen LogP contribution in [0.5, 0.6) is 0 Å². The Labute approximate surface area is 194 Å². The second-order valence-electron chi connectivity index (χ2n) is 7.41. The van der Waals surface area contributed by atoms with Gasteiger partial charge in [0, 0.05) is 29.6 Å². The van der Waals surface area contributed by atoms with Gasteiger partial charge in [-0.25, -0.2) is 18.7 Å². The Morgan fingerprint density at radius 3 is 2.48 bits per heavy atom. The molecule has 4 aromatic rings. The number of hydrogen-bond donors (Lipinski definition) is 3. The molecule has 0 bridgehead atoms. The third kappa shape index (κ3) is 5.12. The van der Waals surface area contributed by atoms with Crippen molar-refractivity contribution in [3.05, 3.63) is 101 Å². The van der Waals surface area contributed by atoms with E-state index in [4.69, 9.17) is 0 Å². The maximum absolute atomic E-state index is 12.4. The summed E-state index contributed by atoms with van der Waals surface area (Å²) in [5.74, 6) is 5.93. The van der Waals surface area contributed by atoms with E-state index in [2.05, 4.69) is 26.5 Å². The molecule has 0 aliphatic rings. The third-order valence-corrected chi connectivity index (χ3v) is 6.22. The lowest BCUT2D eigenvalue weighted by atomic mass is 10.0. The number of nitrogens with one attached hydrogen (secondary N) is 2. The number of imidazole rings is 1. The molecule has 166 valence electrons. The summed E-state index contributed by atoms with van der Waals surface area (Å²) in [4.78, 5) is 18.8. The van der Waals surface area contributed by atoms with E-state index < -0.39 is 17.0 Å². The smallest absolute Gasteiger partial charge is 0.337 e. The molecule has 0 fully saturated rings. The highest BCUT2D eigenvalue weighted by molar-refractivity contribution is 7.83. The highest BCUT2D eigenvalue weighted by Crippen LogP contribution is 2.20. The number of carbonyl (C=O) groups is 1. The van der Waals surface area contributed by atoms with Crippen molar-refractivity contribution in [2.45, 2.75) is 24.9 Å². The van der Waals surface area contributed by atoms with Crippen molar-refractivity contribution in [1.82, 2.24) is 19.3 Å². The van der Waals surface area contributed by atoms with Gasteiger partial charge < -0.3 is 14.7 Å². The van der Waals surface area contributed by atoms with Gasteiger partial charge in [0.25, 0.3) is 0 Å². The Morgan fingerprint density at radius 1 is 1.12 bits per heavy atom. The summed E-state index contributed by atoms with van der Waals surface area (Å²) in [6, 6.07) is 16.2. The van der Waals surface area contributed by atoms with Gasteiger partial charge in [-0.15, -0.1) is 0 Å². The summed E-state index contributed by atoms with van der Waals surface area (Å²) < 4.78 is 17.2. The second-order valence-corrected chi connectivity index (χ2v) is 8.62. The SMILES string of the molecule is Cc1ncc(S(=O)NC(C)c2ccc(C#Cc3cccc(C(=O)O)c3-n3cccc3)cc2)[nH]1. The largest absolute Gasteiger partial charge is 0.478 e. The number of aryl methyl sites for hydroxylation is 1. The number of aromatic carboxylic acids is 1. The first-order chi connectivity index (χ1) is 15.9. The molecule has 2 aromatic heterocycles. The Kier molecular flexibility index (Phi) is 6.54. The lowest BCUT2D eigenvalue weighted by Crippen LogP contribution is -2.21. The predicted molar refractivity (Wildman–Crippen MR) is 126 cm³/mol. The standard InChI is InChI=1S/C25H22N4O3S/c1-17(28-33(32)23-16-26-18(2)27-23)20-11-8-19(9-12-20)10-13-21-6-5-7-22(25(30)31)24(21)29-14-3-4-15-29/h3-9,11-12,14-17,28H,1-2H3,(H,26,27)(H,30,31). The molecule has 7 nitrogen and oxygen atoms in total. The predicted octanol–water partition coefficient (Wildman–Crippen LogP) is 3.98. The van der Waals surface area contributed by atoms with Gasteiger partial charge in [0.2, 0.25) is 0 Å². The summed E-state index contributed by atoms with van der Waals surface area (Å²) in [6.07, 6.45) is 5.15. The molecule has 0 amide bonds. The number of H-pyrrole nitrogens is 1. The maximum atomic E-state index is 12.4. The molecule has 8 heteroatoms. The average Bonchev–Trinajstić information content (AvgIpc) is 3.49. The fourth-order valence-electron chi connectivity index (χ4n) is 3.36. The number of benzene rings is 2. The minimum Gasteiger partial charge on any atom is -0.478 e. The average molecular weight is 459 g/mol. The van der Waals surface area contributed by atoms with Crippen LogP contribution >= 0.6 is 0 Å². The van der Waals surface area contributed by atoms with Gasteiger partial charge in [-0.3, -0.25) is 0 Å². The van der Waals surface area contributed by atoms with Crippen LogP contribution in [0.1, 0.15) is 45.8 Å². The summed E-state index contributed by atoms with van der Waals surface area (Å²) in [6.45, 7) is 3.74. The van der Waals surface area contributed by atoms with Crippen molar-refractivity contribution in [1.29, 1.82) is 0 Å². The molecule has 2 atom stereocenters. The molecule has 3 N–H and O–H groups in total. The number of aromatic nitrogens is 3. The topological polar surface area (TPSA) is 100 Å². The zero-order valence-corrected chi connectivity index (χ0v) is 18.9. The highest BCUT2D eigenvalue weighted by atomic mass is 32.2. The van der Waals surface area contributed by atoms with E-state index in [1.165, 1.54) is 0 Å². The van der Waals surface area contributed by atoms with E-state index in [-0.39, 0.29) is 11.6 Å². The number of hydrogen-bond acceptors (Lipinski definition) is 3. The molecule has 0 radical (unpaired) electrons. The van der Waals surface area contributed by atoms with Crippen LogP contribution in [0.25, 0.3) is 5.69 Å². The minimum absolute atomic E-state index is 0.149. The van der Waals surface area contributed by atoms with E-state index in [9.17, 15) is 14.1 Å². The third-order valence-electron chi connectivity index (χ3n) is 5.04. The van der Waals surface area contributed by atoms with Crippen molar-refractivity contribution >= 4 is 17.0 Å². The first kappa shape index (κ1) is 22.3. The van der Waals surface area contributed by atoms with Gasteiger partial charge in [-0.05, 0) is 55.8 Å². The lowest BCUT2D eigenvalue weighted by molar-refractivity contribution is 0.0697. The number of carboxylic acids is 1. The molecule has 2 unspecified atom stereocenters. The van der Waals surface area contributed by atoms with Crippen LogP contribution in [-0.2, 0) is 11.0 Å². The summed E-state index contributed by atoms with van der Waals surface area (Å²) >= 11 is 0. The number of rotatable bonds is 6. The van der Waals surface area contributed by atoms with Gasteiger partial charge in [-0.1, -0.05) is 30.0 Å². The normalized spacial score (nSPS) is 12.5. The molecule has 33 heavy (non-hydrogen) atoms. The van der Waals surface area contributed by atoms with Crippen LogP contribution in [0.2, 0.25) is 0 Å². The fourth-order valence-corrected chi connectivity index (χ4v) is 4.33. The van der Waals surface area contributed by atoms with Gasteiger partial charge in [-0.2, -0.15) is 0 Å². The zero-order valence-electron chi connectivity index (χ0n) is 18.1. The van der Waals surface area contributed by atoms with Crippen molar-refractivity contribution < 1.29 is 14.1 Å². The van der Waals surface area contributed by atoms with Crippen LogP contribution in [0, 0.1) is 18.8 Å². The maximum Gasteiger partial charge on any atom is 0.337 e. The number of aromatic amines is 1. The van der Waals surface area contributed by atoms with Crippen molar-refractivity contribution in [2.75, 3.05) is 0 Å². The summed E-state index contributed by atoms with van der Waals surface area (Å²) in [5.41, 5.74) is 3.10. The van der Waals surface area contributed by atoms with E-state index in [0.717, 1.165) is 11.1 Å². The van der Waals surface area contributed by atoms with Crippen molar-refractivity contribution in [2.24, 2.45) is 0 Å². The molecule has 0 aliphatic carbocycles. The lowest BCUT2D eigenvalue weighted by Gasteiger charge is -2.13. The van der Waals surface area contributed by atoms with Crippen molar-refractivity contribution in [3.63, 3.8) is 0 Å². The minimum atomic E-state index is -1.40. The Bertz CT molecular complexity index is 1360. The number of carboxylic acid groups (broad SMARTS) is 1. The molecule has 0 saturated heterocycles. The quantitative estimate of drug-likeness (QED) is 0.381. The monoisotopic (exact) mass is 458 g/mol. The molecular weight excluding hydrogens is 436 g/mol. The number of nitrogens with zero attached hydrogens (tertiary/aromatic N) is 2. The highest BCUT2D eigenvalue weighted by Gasteiger charge is 2.15.